The lowest BCUT2D eigenvalue weighted by Gasteiger charge is -1.94. The predicted octanol–water partition coefficient (Wildman–Crippen LogP) is 2.86. The standard InChI is InChI=1S/C13H11N3S/c14-10-1-2-11-12(8-10)17-13(16-11)7-9-3-5-15-6-4-9/h1-6,8H,7,14H2. The van der Waals surface area contributed by atoms with Crippen LogP contribution >= 0.6 is 11.3 Å². The summed E-state index contributed by atoms with van der Waals surface area (Å²) in [5, 5.41) is 1.11. The van der Waals surface area contributed by atoms with Crippen LogP contribution in [-0.4, -0.2) is 9.97 Å². The fourth-order valence-corrected chi connectivity index (χ4v) is 2.79. The van der Waals surface area contributed by atoms with Gasteiger partial charge in [-0.1, -0.05) is 0 Å². The number of aromatic nitrogens is 2. The van der Waals surface area contributed by atoms with Crippen molar-refractivity contribution in [3.05, 3.63) is 53.3 Å². The molecule has 0 aliphatic carbocycles. The number of benzene rings is 1. The van der Waals surface area contributed by atoms with Crippen LogP contribution < -0.4 is 5.73 Å². The van der Waals surface area contributed by atoms with Crippen molar-refractivity contribution < 1.29 is 0 Å². The molecule has 0 fully saturated rings. The van der Waals surface area contributed by atoms with E-state index in [-0.39, 0.29) is 0 Å². The van der Waals surface area contributed by atoms with E-state index in [2.05, 4.69) is 9.97 Å². The Morgan fingerprint density at radius 1 is 1.12 bits per heavy atom. The fraction of sp³-hybridized carbons (Fsp3) is 0.0769. The molecule has 17 heavy (non-hydrogen) atoms. The van der Waals surface area contributed by atoms with Gasteiger partial charge in [-0.05, 0) is 35.9 Å². The van der Waals surface area contributed by atoms with E-state index in [1.165, 1.54) is 5.56 Å². The number of nitrogen functional groups attached to an aromatic ring is 1. The van der Waals surface area contributed by atoms with Gasteiger partial charge in [-0.15, -0.1) is 11.3 Å². The predicted molar refractivity (Wildman–Crippen MR) is 71.1 cm³/mol. The molecule has 0 unspecified atom stereocenters. The van der Waals surface area contributed by atoms with Crippen molar-refractivity contribution in [3.8, 4) is 0 Å². The van der Waals surface area contributed by atoms with E-state index in [0.717, 1.165) is 27.3 Å². The molecule has 3 rings (SSSR count). The van der Waals surface area contributed by atoms with Crippen molar-refractivity contribution in [2.75, 3.05) is 5.73 Å². The molecule has 2 N–H and O–H groups in total. The number of rotatable bonds is 2. The maximum atomic E-state index is 5.76. The first-order valence-corrected chi connectivity index (χ1v) is 6.17. The minimum absolute atomic E-state index is 0.789. The van der Waals surface area contributed by atoms with Crippen LogP contribution in [0.4, 0.5) is 5.69 Å². The smallest absolute Gasteiger partial charge is 0.0982 e. The third kappa shape index (κ3) is 2.12. The van der Waals surface area contributed by atoms with E-state index in [4.69, 9.17) is 5.73 Å². The molecule has 3 aromatic rings. The van der Waals surface area contributed by atoms with Crippen molar-refractivity contribution in [2.45, 2.75) is 6.42 Å². The minimum atomic E-state index is 0.789. The largest absolute Gasteiger partial charge is 0.399 e. The molecule has 0 saturated carbocycles. The lowest BCUT2D eigenvalue weighted by atomic mass is 10.2. The van der Waals surface area contributed by atoms with Crippen molar-refractivity contribution in [1.82, 2.24) is 9.97 Å². The summed E-state index contributed by atoms with van der Waals surface area (Å²) in [5.41, 5.74) is 8.80. The van der Waals surface area contributed by atoms with Gasteiger partial charge in [-0.25, -0.2) is 4.98 Å². The Labute approximate surface area is 103 Å². The third-order valence-corrected chi connectivity index (χ3v) is 3.58. The zero-order valence-corrected chi connectivity index (χ0v) is 9.95. The second kappa shape index (κ2) is 4.14. The van der Waals surface area contributed by atoms with Crippen LogP contribution in [-0.2, 0) is 6.42 Å². The van der Waals surface area contributed by atoms with Crippen LogP contribution in [0.5, 0.6) is 0 Å². The molecule has 0 aliphatic rings. The quantitative estimate of drug-likeness (QED) is 0.702. The van der Waals surface area contributed by atoms with Gasteiger partial charge >= 0.3 is 0 Å². The number of hydrogen-bond donors (Lipinski definition) is 1. The molecule has 84 valence electrons. The topological polar surface area (TPSA) is 51.8 Å². The molecule has 0 radical (unpaired) electrons. The number of pyridine rings is 1. The van der Waals surface area contributed by atoms with Crippen molar-refractivity contribution in [2.24, 2.45) is 0 Å². The van der Waals surface area contributed by atoms with Gasteiger partial charge in [0.05, 0.1) is 15.2 Å². The first-order valence-electron chi connectivity index (χ1n) is 5.35. The molecule has 0 saturated heterocycles. The summed E-state index contributed by atoms with van der Waals surface area (Å²) in [4.78, 5) is 8.60. The second-order valence-corrected chi connectivity index (χ2v) is 4.98. The SMILES string of the molecule is Nc1ccc2nc(Cc3ccncc3)sc2c1. The van der Waals surface area contributed by atoms with Crippen molar-refractivity contribution in [1.29, 1.82) is 0 Å². The average Bonchev–Trinajstić information content (AvgIpc) is 2.71. The summed E-state index contributed by atoms with van der Waals surface area (Å²) < 4.78 is 1.15. The first kappa shape index (κ1) is 10.2. The number of fused-ring (bicyclic) bond motifs is 1. The number of nitrogens with zero attached hydrogens (tertiary/aromatic N) is 2. The molecule has 2 aromatic heterocycles. The molecule has 0 amide bonds. The Kier molecular flexibility index (Phi) is 2.49. The summed E-state index contributed by atoms with van der Waals surface area (Å²) in [7, 11) is 0. The van der Waals surface area contributed by atoms with Crippen LogP contribution in [0, 0.1) is 0 Å². The van der Waals surface area contributed by atoms with Gasteiger partial charge < -0.3 is 5.73 Å². The van der Waals surface area contributed by atoms with Crippen LogP contribution in [0.15, 0.2) is 42.7 Å². The highest BCUT2D eigenvalue weighted by Crippen LogP contribution is 2.25. The summed E-state index contributed by atoms with van der Waals surface area (Å²) in [6.45, 7) is 0. The Hall–Kier alpha value is -1.94. The molecule has 2 heterocycles. The van der Waals surface area contributed by atoms with Gasteiger partial charge in [0.15, 0.2) is 0 Å². The van der Waals surface area contributed by atoms with E-state index in [1.807, 2.05) is 30.3 Å². The molecule has 0 atom stereocenters. The summed E-state index contributed by atoms with van der Waals surface area (Å²) in [5.74, 6) is 0. The number of hydrogen-bond acceptors (Lipinski definition) is 4. The van der Waals surface area contributed by atoms with Crippen molar-refractivity contribution >= 4 is 27.2 Å². The molecular weight excluding hydrogens is 230 g/mol. The lowest BCUT2D eigenvalue weighted by molar-refractivity contribution is 1.13. The van der Waals surface area contributed by atoms with Gasteiger partial charge in [0.1, 0.15) is 0 Å². The van der Waals surface area contributed by atoms with Gasteiger partial charge in [-0.3, -0.25) is 4.98 Å². The monoisotopic (exact) mass is 241 g/mol. The summed E-state index contributed by atoms with van der Waals surface area (Å²) >= 11 is 1.69. The minimum Gasteiger partial charge on any atom is -0.399 e. The Morgan fingerprint density at radius 2 is 1.94 bits per heavy atom. The van der Waals surface area contributed by atoms with Crippen LogP contribution in [0.1, 0.15) is 10.6 Å². The van der Waals surface area contributed by atoms with Crippen LogP contribution in [0.3, 0.4) is 0 Å². The zero-order valence-electron chi connectivity index (χ0n) is 9.13. The Balaban J connectivity index is 1.96. The number of anilines is 1. The molecule has 0 bridgehead atoms. The lowest BCUT2D eigenvalue weighted by Crippen LogP contribution is -1.86. The first-order chi connectivity index (χ1) is 8.31. The van der Waals surface area contributed by atoms with Gasteiger partial charge in [0.25, 0.3) is 0 Å². The van der Waals surface area contributed by atoms with E-state index >= 15 is 0 Å². The van der Waals surface area contributed by atoms with Crippen molar-refractivity contribution in [3.63, 3.8) is 0 Å². The van der Waals surface area contributed by atoms with Crippen LogP contribution in [0.2, 0.25) is 0 Å². The molecule has 0 spiro atoms. The van der Waals surface area contributed by atoms with Gasteiger partial charge in [0.2, 0.25) is 0 Å². The van der Waals surface area contributed by atoms with Crippen LogP contribution in [0.25, 0.3) is 10.2 Å². The maximum absolute atomic E-state index is 5.76. The second-order valence-electron chi connectivity index (χ2n) is 3.87. The highest BCUT2D eigenvalue weighted by molar-refractivity contribution is 7.18. The normalized spacial score (nSPS) is 10.8. The summed E-state index contributed by atoms with van der Waals surface area (Å²) in [6, 6.07) is 9.86. The van der Waals surface area contributed by atoms with Gasteiger partial charge in [0, 0.05) is 24.5 Å². The maximum Gasteiger partial charge on any atom is 0.0982 e. The van der Waals surface area contributed by atoms with E-state index in [0.29, 0.717) is 0 Å². The molecule has 0 aliphatic heterocycles. The average molecular weight is 241 g/mol. The number of thiazole rings is 1. The van der Waals surface area contributed by atoms with Gasteiger partial charge in [-0.2, -0.15) is 0 Å². The zero-order chi connectivity index (χ0) is 11.7. The molecule has 4 heteroatoms. The number of nitrogens with two attached hydrogens (primary N) is 1. The molecular formula is C13H11N3S. The van der Waals surface area contributed by atoms with E-state index in [9.17, 15) is 0 Å². The Bertz CT molecular complexity index is 646. The third-order valence-electron chi connectivity index (χ3n) is 2.56. The molecule has 1 aromatic carbocycles. The fourth-order valence-electron chi connectivity index (χ4n) is 1.74. The van der Waals surface area contributed by atoms with E-state index < -0.39 is 0 Å². The summed E-state index contributed by atoms with van der Waals surface area (Å²) in [6.07, 6.45) is 4.46. The Morgan fingerprint density at radius 3 is 2.76 bits per heavy atom. The molecule has 3 nitrogen and oxygen atoms in total. The van der Waals surface area contributed by atoms with E-state index in [1.54, 1.807) is 23.7 Å². The highest BCUT2D eigenvalue weighted by atomic mass is 32.1. The highest BCUT2D eigenvalue weighted by Gasteiger charge is 2.04.